The van der Waals surface area contributed by atoms with Gasteiger partial charge in [-0.15, -0.1) is 23.5 Å². The summed E-state index contributed by atoms with van der Waals surface area (Å²) in [6.07, 6.45) is 1.98. The number of ketones is 1. The first-order valence-corrected chi connectivity index (χ1v) is 7.13. The number of allylic oxidation sites excluding steroid dienone is 1. The molecule has 1 nitrogen and oxygen atoms in total. The maximum absolute atomic E-state index is 11.5. The molecule has 1 saturated heterocycles. The van der Waals surface area contributed by atoms with Crippen molar-refractivity contribution in [3.63, 3.8) is 0 Å². The van der Waals surface area contributed by atoms with Crippen LogP contribution in [0.25, 0.3) is 0 Å². The molecule has 14 heavy (non-hydrogen) atoms. The van der Waals surface area contributed by atoms with E-state index in [2.05, 4.69) is 13.5 Å². The molecule has 1 unspecified atom stereocenters. The lowest BCUT2D eigenvalue weighted by Crippen LogP contribution is -2.19. The summed E-state index contributed by atoms with van der Waals surface area (Å²) in [5.41, 5.74) is 0.697. The molecule has 0 spiro atoms. The number of carbonyl (C=O) groups excluding carboxylic acids is 1. The van der Waals surface area contributed by atoms with E-state index in [4.69, 9.17) is 0 Å². The Morgan fingerprint density at radius 3 is 2.57 bits per heavy atom. The van der Waals surface area contributed by atoms with Gasteiger partial charge in [-0.1, -0.05) is 13.5 Å². The second-order valence-electron chi connectivity index (χ2n) is 3.85. The first kappa shape index (κ1) is 12.2. The Hall–Kier alpha value is 0.110. The van der Waals surface area contributed by atoms with Crippen molar-refractivity contribution in [2.75, 3.05) is 11.5 Å². The molecule has 1 heterocycles. The zero-order valence-electron chi connectivity index (χ0n) is 8.91. The molecule has 3 heteroatoms. The molecule has 0 aromatic carbocycles. The van der Waals surface area contributed by atoms with Gasteiger partial charge in [-0.2, -0.15) is 0 Å². The van der Waals surface area contributed by atoms with Crippen molar-refractivity contribution in [3.8, 4) is 0 Å². The normalized spacial score (nSPS) is 20.4. The topological polar surface area (TPSA) is 17.1 Å². The van der Waals surface area contributed by atoms with Crippen LogP contribution in [0.3, 0.4) is 0 Å². The van der Waals surface area contributed by atoms with Gasteiger partial charge in [0.15, 0.2) is 5.78 Å². The Morgan fingerprint density at radius 1 is 1.50 bits per heavy atom. The minimum Gasteiger partial charge on any atom is -0.295 e. The molecular weight excluding hydrogens is 212 g/mol. The molecule has 1 aliphatic heterocycles. The van der Waals surface area contributed by atoms with Crippen molar-refractivity contribution in [3.05, 3.63) is 12.2 Å². The summed E-state index contributed by atoms with van der Waals surface area (Å²) >= 11 is 4.01. The third-order valence-electron chi connectivity index (χ3n) is 2.30. The Balaban J connectivity index is 2.36. The first-order chi connectivity index (χ1) is 6.61. The van der Waals surface area contributed by atoms with E-state index in [1.54, 1.807) is 6.92 Å². The highest BCUT2D eigenvalue weighted by Gasteiger charge is 2.23. The van der Waals surface area contributed by atoms with E-state index >= 15 is 0 Å². The molecule has 0 aromatic rings. The lowest BCUT2D eigenvalue weighted by atomic mass is 10.0. The minimum absolute atomic E-state index is 0.226. The predicted molar refractivity (Wildman–Crippen MR) is 66.9 cm³/mol. The maximum atomic E-state index is 11.5. The van der Waals surface area contributed by atoms with E-state index in [0.29, 0.717) is 22.5 Å². The van der Waals surface area contributed by atoms with E-state index in [0.717, 1.165) is 0 Å². The van der Waals surface area contributed by atoms with Crippen molar-refractivity contribution < 1.29 is 4.79 Å². The number of hydrogen-bond donors (Lipinski definition) is 0. The van der Waals surface area contributed by atoms with Crippen LogP contribution in [-0.2, 0) is 4.79 Å². The molecule has 0 aliphatic carbocycles. The molecule has 0 aromatic heterocycles. The van der Waals surface area contributed by atoms with E-state index in [1.807, 2.05) is 23.5 Å². The van der Waals surface area contributed by atoms with E-state index < -0.39 is 0 Å². The largest absolute Gasteiger partial charge is 0.295 e. The van der Waals surface area contributed by atoms with Crippen molar-refractivity contribution in [1.29, 1.82) is 0 Å². The number of Topliss-reactive ketones (excluding diaryl/α,β-unsaturated/α-hetero) is 1. The fraction of sp³-hybridized carbons (Fsp3) is 0.727. The zero-order valence-corrected chi connectivity index (χ0v) is 10.5. The van der Waals surface area contributed by atoms with Gasteiger partial charge in [0.1, 0.15) is 0 Å². The quantitative estimate of drug-likeness (QED) is 0.689. The molecule has 0 radical (unpaired) electrons. The average molecular weight is 230 g/mol. The maximum Gasteiger partial charge on any atom is 0.158 e. The SMILES string of the molecule is C=C(C)C(=O)CC(C)C1SCCCS1. The van der Waals surface area contributed by atoms with Gasteiger partial charge < -0.3 is 0 Å². The molecule has 1 rings (SSSR count). The van der Waals surface area contributed by atoms with Gasteiger partial charge in [-0.05, 0) is 36.3 Å². The smallest absolute Gasteiger partial charge is 0.158 e. The Labute approximate surface area is 95.1 Å². The van der Waals surface area contributed by atoms with Crippen LogP contribution < -0.4 is 0 Å². The molecule has 1 atom stereocenters. The molecule has 0 saturated carbocycles. The highest BCUT2D eigenvalue weighted by Crippen LogP contribution is 2.37. The summed E-state index contributed by atoms with van der Waals surface area (Å²) in [6.45, 7) is 7.67. The number of hydrogen-bond acceptors (Lipinski definition) is 3. The second kappa shape index (κ2) is 5.86. The third kappa shape index (κ3) is 3.70. The summed E-state index contributed by atoms with van der Waals surface area (Å²) in [5, 5.41) is 0. The van der Waals surface area contributed by atoms with Crippen molar-refractivity contribution >= 4 is 29.3 Å². The van der Waals surface area contributed by atoms with Crippen LogP contribution in [0.5, 0.6) is 0 Å². The van der Waals surface area contributed by atoms with Crippen LogP contribution in [0.1, 0.15) is 26.7 Å². The van der Waals surface area contributed by atoms with Crippen LogP contribution in [0.4, 0.5) is 0 Å². The number of rotatable bonds is 4. The van der Waals surface area contributed by atoms with Gasteiger partial charge in [0.05, 0.1) is 4.58 Å². The second-order valence-corrected chi connectivity index (χ2v) is 6.65. The van der Waals surface area contributed by atoms with Crippen LogP contribution in [-0.4, -0.2) is 21.9 Å². The monoisotopic (exact) mass is 230 g/mol. The highest BCUT2D eigenvalue weighted by molar-refractivity contribution is 8.17. The van der Waals surface area contributed by atoms with E-state index in [9.17, 15) is 4.79 Å². The predicted octanol–water partition coefficient (Wildman–Crippen LogP) is 3.35. The fourth-order valence-electron chi connectivity index (χ4n) is 1.40. The highest BCUT2D eigenvalue weighted by atomic mass is 32.2. The Kier molecular flexibility index (Phi) is 5.10. The van der Waals surface area contributed by atoms with Gasteiger partial charge >= 0.3 is 0 Å². The van der Waals surface area contributed by atoms with Crippen molar-refractivity contribution in [2.45, 2.75) is 31.3 Å². The number of thioether (sulfide) groups is 2. The summed E-state index contributed by atoms with van der Waals surface area (Å²) < 4.78 is 0.618. The molecule has 0 N–H and O–H groups in total. The third-order valence-corrected chi connectivity index (χ3v) is 5.75. The molecule has 80 valence electrons. The van der Waals surface area contributed by atoms with Crippen molar-refractivity contribution in [2.24, 2.45) is 5.92 Å². The summed E-state index contributed by atoms with van der Waals surface area (Å²) in [4.78, 5) is 11.5. The van der Waals surface area contributed by atoms with Crippen LogP contribution >= 0.6 is 23.5 Å². The molecular formula is C11H18OS2. The van der Waals surface area contributed by atoms with Gasteiger partial charge in [0.2, 0.25) is 0 Å². The van der Waals surface area contributed by atoms with Gasteiger partial charge in [-0.25, -0.2) is 0 Å². The summed E-state index contributed by atoms with van der Waals surface area (Å²) in [7, 11) is 0. The summed E-state index contributed by atoms with van der Waals surface area (Å²) in [5.74, 6) is 3.21. The summed E-state index contributed by atoms with van der Waals surface area (Å²) in [6, 6.07) is 0. The molecule has 0 amide bonds. The molecule has 0 bridgehead atoms. The lowest BCUT2D eigenvalue weighted by Gasteiger charge is -2.26. The van der Waals surface area contributed by atoms with Crippen LogP contribution in [0.2, 0.25) is 0 Å². The zero-order chi connectivity index (χ0) is 10.6. The fourth-order valence-corrected chi connectivity index (χ4v) is 4.48. The van der Waals surface area contributed by atoms with E-state index in [-0.39, 0.29) is 5.78 Å². The van der Waals surface area contributed by atoms with Crippen molar-refractivity contribution in [1.82, 2.24) is 0 Å². The standard InChI is InChI=1S/C11H18OS2/c1-8(2)10(12)7-9(3)11-13-5-4-6-14-11/h9,11H,1,4-7H2,2-3H3. The van der Waals surface area contributed by atoms with Gasteiger partial charge in [-0.3, -0.25) is 4.79 Å². The minimum atomic E-state index is 0.226. The van der Waals surface area contributed by atoms with E-state index in [1.165, 1.54) is 17.9 Å². The lowest BCUT2D eigenvalue weighted by molar-refractivity contribution is -0.116. The van der Waals surface area contributed by atoms with Crippen LogP contribution in [0, 0.1) is 5.92 Å². The Bertz CT molecular complexity index is 219. The van der Waals surface area contributed by atoms with Gasteiger partial charge in [0, 0.05) is 6.42 Å². The van der Waals surface area contributed by atoms with Gasteiger partial charge in [0.25, 0.3) is 0 Å². The number of carbonyl (C=O) groups is 1. The average Bonchev–Trinajstić information content (AvgIpc) is 2.19. The molecule has 1 aliphatic rings. The van der Waals surface area contributed by atoms with Crippen LogP contribution in [0.15, 0.2) is 12.2 Å². The molecule has 1 fully saturated rings. The Morgan fingerprint density at radius 2 is 2.07 bits per heavy atom. The first-order valence-electron chi connectivity index (χ1n) is 5.03.